The van der Waals surface area contributed by atoms with Crippen molar-refractivity contribution in [2.45, 2.75) is 13.8 Å². The third-order valence-corrected chi connectivity index (χ3v) is 2.82. The van der Waals surface area contributed by atoms with Gasteiger partial charge in [0.25, 0.3) is 0 Å². The Balaban J connectivity index is 2.60. The van der Waals surface area contributed by atoms with E-state index in [1.165, 1.54) is 16.9 Å². The van der Waals surface area contributed by atoms with E-state index < -0.39 is 0 Å². The number of benzene rings is 1. The maximum absolute atomic E-state index is 5.13. The minimum absolute atomic E-state index is 0.521. The fourth-order valence-electron chi connectivity index (χ4n) is 1.75. The van der Waals surface area contributed by atoms with E-state index in [1.807, 2.05) is 0 Å². The predicted molar refractivity (Wildman–Crippen MR) is 75.0 cm³/mol. The van der Waals surface area contributed by atoms with E-state index in [0.29, 0.717) is 5.92 Å². The molecule has 0 aliphatic rings. The topological polar surface area (TPSA) is 24.5 Å². The molecule has 0 saturated heterocycles. The Morgan fingerprint density at radius 2 is 2.06 bits per heavy atom. The Labute approximate surface area is 105 Å². The van der Waals surface area contributed by atoms with Crippen molar-refractivity contribution in [2.24, 2.45) is 5.92 Å². The molecule has 1 aromatic carbocycles. The van der Waals surface area contributed by atoms with Crippen LogP contribution in [0.1, 0.15) is 12.5 Å². The largest absolute Gasteiger partial charge is 0.384 e. The zero-order valence-corrected chi connectivity index (χ0v) is 11.6. The van der Waals surface area contributed by atoms with Crippen molar-refractivity contribution in [3.8, 4) is 0 Å². The van der Waals surface area contributed by atoms with Crippen LogP contribution in [0, 0.1) is 12.8 Å². The van der Waals surface area contributed by atoms with Crippen LogP contribution in [-0.2, 0) is 4.74 Å². The molecule has 1 unspecified atom stereocenters. The first kappa shape index (κ1) is 13.8. The number of nitrogens with one attached hydrogen (secondary N) is 1. The van der Waals surface area contributed by atoms with E-state index in [9.17, 15) is 0 Å². The summed E-state index contributed by atoms with van der Waals surface area (Å²) >= 11 is 0. The molecule has 0 amide bonds. The van der Waals surface area contributed by atoms with Gasteiger partial charge in [-0.15, -0.1) is 0 Å². The van der Waals surface area contributed by atoms with Gasteiger partial charge in [0, 0.05) is 39.1 Å². The van der Waals surface area contributed by atoms with Crippen LogP contribution in [0.25, 0.3) is 0 Å². The molecule has 3 heteroatoms. The summed E-state index contributed by atoms with van der Waals surface area (Å²) in [6.45, 7) is 6.05. The SMILES string of the molecule is COCC(C)CNc1ccc(N(C)C)cc1C. The van der Waals surface area contributed by atoms with E-state index in [2.05, 4.69) is 56.4 Å². The summed E-state index contributed by atoms with van der Waals surface area (Å²) < 4.78 is 5.13. The van der Waals surface area contributed by atoms with Crippen LogP contribution in [0.5, 0.6) is 0 Å². The predicted octanol–water partition coefficient (Wildman–Crippen LogP) is 2.76. The number of ether oxygens (including phenoxy) is 1. The number of hydrogen-bond donors (Lipinski definition) is 1. The molecule has 3 nitrogen and oxygen atoms in total. The Morgan fingerprint density at radius 3 is 2.59 bits per heavy atom. The molecule has 0 aliphatic carbocycles. The molecule has 17 heavy (non-hydrogen) atoms. The maximum Gasteiger partial charge on any atom is 0.0504 e. The summed E-state index contributed by atoms with van der Waals surface area (Å²) in [5, 5.41) is 3.47. The lowest BCUT2D eigenvalue weighted by Gasteiger charge is -2.17. The van der Waals surface area contributed by atoms with Crippen LogP contribution in [0.4, 0.5) is 11.4 Å². The van der Waals surface area contributed by atoms with Crippen molar-refractivity contribution >= 4 is 11.4 Å². The minimum atomic E-state index is 0.521. The quantitative estimate of drug-likeness (QED) is 0.822. The van der Waals surface area contributed by atoms with Gasteiger partial charge < -0.3 is 15.0 Å². The first-order valence-corrected chi connectivity index (χ1v) is 6.05. The number of nitrogens with zero attached hydrogens (tertiary/aromatic N) is 1. The highest BCUT2D eigenvalue weighted by Gasteiger charge is 2.04. The molecule has 0 bridgehead atoms. The number of aryl methyl sites for hydroxylation is 1. The molecule has 0 radical (unpaired) electrons. The van der Waals surface area contributed by atoms with Crippen LogP contribution >= 0.6 is 0 Å². The first-order chi connectivity index (χ1) is 8.04. The van der Waals surface area contributed by atoms with Crippen LogP contribution in [0.3, 0.4) is 0 Å². The molecular formula is C14H24N2O. The molecule has 0 aromatic heterocycles. The van der Waals surface area contributed by atoms with E-state index in [1.54, 1.807) is 7.11 Å². The standard InChI is InChI=1S/C14H24N2O/c1-11(10-17-5)9-15-14-7-6-13(16(3)4)8-12(14)2/h6-8,11,15H,9-10H2,1-5H3. The second-order valence-electron chi connectivity index (χ2n) is 4.84. The zero-order chi connectivity index (χ0) is 12.8. The molecule has 1 N–H and O–H groups in total. The van der Waals surface area contributed by atoms with E-state index in [-0.39, 0.29) is 0 Å². The van der Waals surface area contributed by atoms with Gasteiger partial charge in [0.2, 0.25) is 0 Å². The monoisotopic (exact) mass is 236 g/mol. The van der Waals surface area contributed by atoms with Crippen LogP contribution in [0.15, 0.2) is 18.2 Å². The third kappa shape index (κ3) is 4.27. The molecule has 0 aliphatic heterocycles. The van der Waals surface area contributed by atoms with Gasteiger partial charge in [-0.3, -0.25) is 0 Å². The summed E-state index contributed by atoms with van der Waals surface area (Å²) in [5.74, 6) is 0.521. The second-order valence-corrected chi connectivity index (χ2v) is 4.84. The van der Waals surface area contributed by atoms with Gasteiger partial charge >= 0.3 is 0 Å². The van der Waals surface area contributed by atoms with Gasteiger partial charge in [-0.1, -0.05) is 6.92 Å². The average molecular weight is 236 g/mol. The zero-order valence-electron chi connectivity index (χ0n) is 11.6. The molecule has 0 spiro atoms. The normalized spacial score (nSPS) is 12.3. The maximum atomic E-state index is 5.13. The van der Waals surface area contributed by atoms with Crippen molar-refractivity contribution in [3.63, 3.8) is 0 Å². The van der Waals surface area contributed by atoms with Crippen molar-refractivity contribution in [3.05, 3.63) is 23.8 Å². The summed E-state index contributed by atoms with van der Waals surface area (Å²) in [6.07, 6.45) is 0. The Hall–Kier alpha value is -1.22. The molecule has 1 aromatic rings. The van der Waals surface area contributed by atoms with Gasteiger partial charge in [0.15, 0.2) is 0 Å². The van der Waals surface area contributed by atoms with E-state index in [0.717, 1.165) is 13.2 Å². The summed E-state index contributed by atoms with van der Waals surface area (Å²) in [7, 11) is 5.86. The summed E-state index contributed by atoms with van der Waals surface area (Å²) in [4.78, 5) is 2.12. The van der Waals surface area contributed by atoms with E-state index in [4.69, 9.17) is 4.74 Å². The van der Waals surface area contributed by atoms with Gasteiger partial charge in [-0.2, -0.15) is 0 Å². The lowest BCUT2D eigenvalue weighted by molar-refractivity contribution is 0.164. The molecule has 96 valence electrons. The fourth-order valence-corrected chi connectivity index (χ4v) is 1.75. The van der Waals surface area contributed by atoms with E-state index >= 15 is 0 Å². The number of rotatable bonds is 6. The fraction of sp³-hybridized carbons (Fsp3) is 0.571. The van der Waals surface area contributed by atoms with Gasteiger partial charge in [-0.05, 0) is 36.6 Å². The molecule has 0 fully saturated rings. The van der Waals surface area contributed by atoms with Gasteiger partial charge in [0.1, 0.15) is 0 Å². The summed E-state index contributed by atoms with van der Waals surface area (Å²) in [5.41, 5.74) is 3.72. The van der Waals surface area contributed by atoms with Gasteiger partial charge in [0.05, 0.1) is 6.61 Å². The molecular weight excluding hydrogens is 212 g/mol. The summed E-state index contributed by atoms with van der Waals surface area (Å²) in [6, 6.07) is 6.48. The number of anilines is 2. The second kappa shape index (κ2) is 6.50. The molecule has 0 saturated carbocycles. The van der Waals surface area contributed by atoms with Crippen molar-refractivity contribution in [2.75, 3.05) is 44.6 Å². The van der Waals surface area contributed by atoms with Crippen LogP contribution in [0.2, 0.25) is 0 Å². The smallest absolute Gasteiger partial charge is 0.0504 e. The van der Waals surface area contributed by atoms with Gasteiger partial charge in [-0.25, -0.2) is 0 Å². The lowest BCUT2D eigenvalue weighted by Crippen LogP contribution is -2.16. The first-order valence-electron chi connectivity index (χ1n) is 6.05. The Bertz CT molecular complexity index is 350. The number of hydrogen-bond acceptors (Lipinski definition) is 3. The molecule has 1 rings (SSSR count). The number of methoxy groups -OCH3 is 1. The van der Waals surface area contributed by atoms with Crippen molar-refractivity contribution < 1.29 is 4.74 Å². The Kier molecular flexibility index (Phi) is 5.29. The molecule has 1 atom stereocenters. The highest BCUT2D eigenvalue weighted by Crippen LogP contribution is 2.21. The van der Waals surface area contributed by atoms with Crippen molar-refractivity contribution in [1.29, 1.82) is 0 Å². The highest BCUT2D eigenvalue weighted by atomic mass is 16.5. The minimum Gasteiger partial charge on any atom is -0.384 e. The third-order valence-electron chi connectivity index (χ3n) is 2.82. The average Bonchev–Trinajstić information content (AvgIpc) is 2.27. The highest BCUT2D eigenvalue weighted by molar-refractivity contribution is 5.59. The Morgan fingerprint density at radius 1 is 1.35 bits per heavy atom. The molecule has 0 heterocycles. The van der Waals surface area contributed by atoms with Crippen LogP contribution in [-0.4, -0.2) is 34.4 Å². The van der Waals surface area contributed by atoms with Crippen molar-refractivity contribution in [1.82, 2.24) is 0 Å². The lowest BCUT2D eigenvalue weighted by atomic mass is 10.1. The van der Waals surface area contributed by atoms with Crippen LogP contribution < -0.4 is 10.2 Å².